The van der Waals surface area contributed by atoms with E-state index >= 15 is 0 Å². The number of carbonyl (C=O) groups excluding carboxylic acids is 1. The number of hydrogen-bond donors (Lipinski definition) is 1. The molecule has 0 heterocycles. The molecule has 1 N–H and O–H groups in total. The van der Waals surface area contributed by atoms with E-state index in [-0.39, 0.29) is 24.6 Å². The molecule has 0 radical (unpaired) electrons. The van der Waals surface area contributed by atoms with Gasteiger partial charge in [-0.25, -0.2) is 4.79 Å². The number of hydrogen-bond acceptors (Lipinski definition) is 4. The van der Waals surface area contributed by atoms with Crippen LogP contribution in [0.3, 0.4) is 0 Å². The SMILES string of the molecule is O=C(NCCOc1ccc(Oc2cccc(Cl)c2)cc1Cl)OCC(Br)CBr. The van der Waals surface area contributed by atoms with E-state index < -0.39 is 6.09 Å². The number of carbonyl (C=O) groups is 1. The summed E-state index contributed by atoms with van der Waals surface area (Å²) in [6.07, 6.45) is -0.500. The van der Waals surface area contributed by atoms with Crippen LogP contribution in [0.1, 0.15) is 0 Å². The number of nitrogens with one attached hydrogen (secondary N) is 1. The molecular formula is C18H17Br2Cl2NO4. The summed E-state index contributed by atoms with van der Waals surface area (Å²) in [5.41, 5.74) is 0. The lowest BCUT2D eigenvalue weighted by Gasteiger charge is -2.12. The molecule has 146 valence electrons. The molecule has 5 nitrogen and oxygen atoms in total. The van der Waals surface area contributed by atoms with Gasteiger partial charge in [-0.15, -0.1) is 0 Å². The zero-order valence-corrected chi connectivity index (χ0v) is 18.8. The lowest BCUT2D eigenvalue weighted by molar-refractivity contribution is 0.146. The van der Waals surface area contributed by atoms with E-state index in [0.717, 1.165) is 0 Å². The third-order valence-electron chi connectivity index (χ3n) is 3.13. The van der Waals surface area contributed by atoms with Crippen LogP contribution >= 0.6 is 55.1 Å². The molecule has 0 aromatic heterocycles. The van der Waals surface area contributed by atoms with Crippen LogP contribution in [-0.4, -0.2) is 36.0 Å². The second kappa shape index (κ2) is 11.6. The summed E-state index contributed by atoms with van der Waals surface area (Å²) < 4.78 is 16.3. The fraction of sp³-hybridized carbons (Fsp3) is 0.278. The number of halogens is 4. The van der Waals surface area contributed by atoms with E-state index in [0.29, 0.717) is 32.6 Å². The van der Waals surface area contributed by atoms with Crippen molar-refractivity contribution in [3.8, 4) is 17.2 Å². The van der Waals surface area contributed by atoms with Crippen LogP contribution in [0.25, 0.3) is 0 Å². The summed E-state index contributed by atoms with van der Waals surface area (Å²) in [5.74, 6) is 1.66. The first-order valence-electron chi connectivity index (χ1n) is 7.94. The van der Waals surface area contributed by atoms with Gasteiger partial charge in [-0.1, -0.05) is 61.1 Å². The second-order valence-corrected chi connectivity index (χ2v) is 8.06. The summed E-state index contributed by atoms with van der Waals surface area (Å²) >= 11 is 18.8. The van der Waals surface area contributed by atoms with Crippen LogP contribution in [0.15, 0.2) is 42.5 Å². The Bertz CT molecular complexity index is 764. The van der Waals surface area contributed by atoms with Gasteiger partial charge in [0.2, 0.25) is 0 Å². The highest BCUT2D eigenvalue weighted by Crippen LogP contribution is 2.31. The molecule has 2 rings (SSSR count). The molecule has 1 amide bonds. The van der Waals surface area contributed by atoms with E-state index in [2.05, 4.69) is 37.2 Å². The lowest BCUT2D eigenvalue weighted by Crippen LogP contribution is -2.30. The number of alkyl carbamates (subject to hydrolysis) is 1. The van der Waals surface area contributed by atoms with Gasteiger partial charge in [-0.2, -0.15) is 0 Å². The van der Waals surface area contributed by atoms with E-state index in [1.165, 1.54) is 0 Å². The molecule has 9 heteroatoms. The van der Waals surface area contributed by atoms with Gasteiger partial charge in [-0.05, 0) is 30.3 Å². The fourth-order valence-corrected chi connectivity index (χ4v) is 2.63. The van der Waals surface area contributed by atoms with Gasteiger partial charge in [-0.3, -0.25) is 0 Å². The highest BCUT2D eigenvalue weighted by Gasteiger charge is 2.08. The standard InChI is InChI=1S/C18H17Br2Cl2NO4/c19-10-12(20)11-26-18(24)23-6-7-25-17-5-4-15(9-16(17)22)27-14-3-1-2-13(21)8-14/h1-5,8-9,12H,6-7,10-11H2,(H,23,24). The summed E-state index contributed by atoms with van der Waals surface area (Å²) in [6.45, 7) is 0.814. The van der Waals surface area contributed by atoms with Gasteiger partial charge < -0.3 is 19.5 Å². The first-order chi connectivity index (χ1) is 13.0. The minimum absolute atomic E-state index is 0.0750. The van der Waals surface area contributed by atoms with Crippen molar-refractivity contribution in [3.63, 3.8) is 0 Å². The predicted molar refractivity (Wildman–Crippen MR) is 114 cm³/mol. The third kappa shape index (κ3) is 8.17. The highest BCUT2D eigenvalue weighted by molar-refractivity contribution is 9.12. The van der Waals surface area contributed by atoms with Crippen molar-refractivity contribution in [2.24, 2.45) is 0 Å². The van der Waals surface area contributed by atoms with Crippen LogP contribution in [0.4, 0.5) is 4.79 Å². The minimum atomic E-state index is -0.500. The molecule has 27 heavy (non-hydrogen) atoms. The summed E-state index contributed by atoms with van der Waals surface area (Å²) in [7, 11) is 0. The van der Waals surface area contributed by atoms with Gasteiger partial charge in [0.25, 0.3) is 0 Å². The monoisotopic (exact) mass is 539 g/mol. The maximum absolute atomic E-state index is 11.5. The Morgan fingerprint density at radius 2 is 1.93 bits per heavy atom. The molecular weight excluding hydrogens is 525 g/mol. The Morgan fingerprint density at radius 1 is 1.15 bits per heavy atom. The normalized spacial score (nSPS) is 11.6. The Balaban J connectivity index is 1.76. The van der Waals surface area contributed by atoms with E-state index in [1.54, 1.807) is 42.5 Å². The molecule has 0 bridgehead atoms. The summed E-state index contributed by atoms with van der Waals surface area (Å²) in [5, 5.41) is 4.28. The third-order valence-corrected chi connectivity index (χ3v) is 5.90. The quantitative estimate of drug-likeness (QED) is 0.310. The lowest BCUT2D eigenvalue weighted by atomic mass is 10.3. The number of rotatable bonds is 9. The molecule has 0 aliphatic rings. The Morgan fingerprint density at radius 3 is 2.63 bits per heavy atom. The minimum Gasteiger partial charge on any atom is -0.490 e. The van der Waals surface area contributed by atoms with Gasteiger partial charge >= 0.3 is 6.09 Å². The van der Waals surface area contributed by atoms with Gasteiger partial charge in [0, 0.05) is 16.4 Å². The van der Waals surface area contributed by atoms with E-state index in [4.69, 9.17) is 37.4 Å². The van der Waals surface area contributed by atoms with Crippen LogP contribution in [0.2, 0.25) is 10.0 Å². The number of ether oxygens (including phenoxy) is 3. The van der Waals surface area contributed by atoms with Crippen molar-refractivity contribution in [2.45, 2.75) is 4.83 Å². The Labute approximate surface area is 184 Å². The van der Waals surface area contributed by atoms with Crippen molar-refractivity contribution in [3.05, 3.63) is 52.5 Å². The fourth-order valence-electron chi connectivity index (χ4n) is 1.90. The highest BCUT2D eigenvalue weighted by atomic mass is 79.9. The topological polar surface area (TPSA) is 56.8 Å². The van der Waals surface area contributed by atoms with Crippen LogP contribution in [0, 0.1) is 0 Å². The van der Waals surface area contributed by atoms with Crippen LogP contribution in [0.5, 0.6) is 17.2 Å². The Kier molecular flexibility index (Phi) is 9.54. The smallest absolute Gasteiger partial charge is 0.407 e. The largest absolute Gasteiger partial charge is 0.490 e. The number of benzene rings is 2. The van der Waals surface area contributed by atoms with Crippen molar-refractivity contribution < 1.29 is 19.0 Å². The maximum atomic E-state index is 11.5. The van der Waals surface area contributed by atoms with Crippen molar-refractivity contribution in [1.82, 2.24) is 5.32 Å². The molecule has 0 fully saturated rings. The molecule has 2 aromatic carbocycles. The first kappa shape index (κ1) is 22.1. The van der Waals surface area contributed by atoms with Crippen molar-refractivity contribution in [1.29, 1.82) is 0 Å². The molecule has 0 spiro atoms. The number of amides is 1. The molecule has 1 atom stereocenters. The first-order valence-corrected chi connectivity index (χ1v) is 10.7. The molecule has 2 aromatic rings. The van der Waals surface area contributed by atoms with Gasteiger partial charge in [0.15, 0.2) is 0 Å². The molecule has 0 saturated carbocycles. The van der Waals surface area contributed by atoms with Crippen LogP contribution in [-0.2, 0) is 4.74 Å². The average molecular weight is 542 g/mol. The Hall–Kier alpha value is -1.15. The molecule has 0 aliphatic heterocycles. The van der Waals surface area contributed by atoms with E-state index in [9.17, 15) is 4.79 Å². The molecule has 0 aliphatic carbocycles. The van der Waals surface area contributed by atoms with Gasteiger partial charge in [0.1, 0.15) is 30.5 Å². The predicted octanol–water partition coefficient (Wildman–Crippen LogP) is 6.05. The van der Waals surface area contributed by atoms with Gasteiger partial charge in [0.05, 0.1) is 16.4 Å². The van der Waals surface area contributed by atoms with Crippen molar-refractivity contribution in [2.75, 3.05) is 25.1 Å². The molecule has 1 unspecified atom stereocenters. The van der Waals surface area contributed by atoms with Crippen molar-refractivity contribution >= 4 is 61.2 Å². The average Bonchev–Trinajstić information content (AvgIpc) is 2.64. The maximum Gasteiger partial charge on any atom is 0.407 e. The van der Waals surface area contributed by atoms with E-state index in [1.807, 2.05) is 0 Å². The van der Waals surface area contributed by atoms with Crippen LogP contribution < -0.4 is 14.8 Å². The zero-order valence-electron chi connectivity index (χ0n) is 14.1. The molecule has 0 saturated heterocycles. The summed E-state index contributed by atoms with van der Waals surface area (Å²) in [6, 6.07) is 12.2. The second-order valence-electron chi connectivity index (χ2n) is 5.28. The zero-order chi connectivity index (χ0) is 19.6. The number of alkyl halides is 2. The summed E-state index contributed by atoms with van der Waals surface area (Å²) in [4.78, 5) is 11.6.